The number of amides is 2. The van der Waals surface area contributed by atoms with Crippen LogP contribution in [0.1, 0.15) is 24.5 Å². The number of nitrogens with one attached hydrogen (secondary N) is 1. The summed E-state index contributed by atoms with van der Waals surface area (Å²) in [6, 6.07) is 16.5. The van der Waals surface area contributed by atoms with Gasteiger partial charge in [-0.3, -0.25) is 14.9 Å². The fourth-order valence-corrected chi connectivity index (χ4v) is 4.25. The smallest absolute Gasteiger partial charge is 1.00 e. The molecule has 2 aliphatic heterocycles. The Bertz CT molecular complexity index is 818. The van der Waals surface area contributed by atoms with Gasteiger partial charge in [-0.25, -0.2) is 0 Å². The van der Waals surface area contributed by atoms with Gasteiger partial charge in [0.25, 0.3) is 5.24 Å². The average molecular weight is 377 g/mol. The molecule has 2 heterocycles. The number of aryl methyl sites for hydroxylation is 1. The molecule has 0 spiro atoms. The second-order valence-corrected chi connectivity index (χ2v) is 7.67. The summed E-state index contributed by atoms with van der Waals surface area (Å²) >= 11 is 1.08. The predicted molar refractivity (Wildman–Crippen MR) is 99.1 cm³/mol. The number of benzene rings is 2. The molecule has 2 unspecified atom stereocenters. The van der Waals surface area contributed by atoms with Gasteiger partial charge in [0.05, 0.1) is 5.25 Å². The van der Waals surface area contributed by atoms with E-state index >= 15 is 0 Å². The third kappa shape index (κ3) is 4.52. The van der Waals surface area contributed by atoms with Crippen molar-refractivity contribution in [2.45, 2.75) is 37.0 Å². The molecule has 0 aliphatic carbocycles. The van der Waals surface area contributed by atoms with Crippen LogP contribution in [-0.4, -0.2) is 22.5 Å². The van der Waals surface area contributed by atoms with Gasteiger partial charge in [-0.2, -0.15) is 0 Å². The summed E-state index contributed by atoms with van der Waals surface area (Å²) in [5.74, 6) is 0.752. The summed E-state index contributed by atoms with van der Waals surface area (Å²) in [5, 5.41) is 1.77. The third-order valence-corrected chi connectivity index (χ3v) is 5.63. The van der Waals surface area contributed by atoms with E-state index in [1.54, 1.807) is 0 Å². The molecule has 130 valence electrons. The maximum atomic E-state index is 11.7. The molecule has 0 aromatic heterocycles. The number of rotatable bonds is 4. The van der Waals surface area contributed by atoms with E-state index in [-0.39, 0.29) is 53.5 Å². The Labute approximate surface area is 180 Å². The van der Waals surface area contributed by atoms with E-state index in [4.69, 9.17) is 4.74 Å². The average Bonchev–Trinajstić information content (AvgIpc) is 2.93. The summed E-state index contributed by atoms with van der Waals surface area (Å²) in [5.41, 5.74) is 3.56. The van der Waals surface area contributed by atoms with E-state index in [1.807, 2.05) is 18.2 Å². The van der Waals surface area contributed by atoms with Crippen LogP contribution < -0.4 is 39.6 Å². The number of carbonyl (C=O) groups is 2. The summed E-state index contributed by atoms with van der Waals surface area (Å²) in [4.78, 5) is 23.0. The van der Waals surface area contributed by atoms with Crippen LogP contribution in [0.4, 0.5) is 4.79 Å². The van der Waals surface area contributed by atoms with Crippen LogP contribution in [0.25, 0.3) is 0 Å². The molecule has 26 heavy (non-hydrogen) atoms. The number of hydrogen-bond acceptors (Lipinski definition) is 4. The number of imide groups is 1. The zero-order chi connectivity index (χ0) is 17.2. The molecule has 2 aromatic rings. The Kier molecular flexibility index (Phi) is 6.46. The van der Waals surface area contributed by atoms with Crippen molar-refractivity contribution in [2.75, 3.05) is 0 Å². The number of hydrogen-bond donors (Lipinski definition) is 1. The number of ether oxygens (including phenoxy) is 1. The van der Waals surface area contributed by atoms with Gasteiger partial charge in [-0.1, -0.05) is 54.2 Å². The van der Waals surface area contributed by atoms with E-state index in [9.17, 15) is 9.59 Å². The quantitative estimate of drug-likeness (QED) is 0.795. The molecule has 4 nitrogen and oxygen atoms in total. The first-order valence-electron chi connectivity index (χ1n) is 8.51. The molecule has 2 amide bonds. The van der Waals surface area contributed by atoms with Crippen molar-refractivity contribution in [3.8, 4) is 5.75 Å². The molecule has 1 N–H and O–H groups in total. The van der Waals surface area contributed by atoms with Crippen LogP contribution in [0, 0.1) is 0 Å². The molecular weight excluding hydrogens is 357 g/mol. The van der Waals surface area contributed by atoms with Gasteiger partial charge in [-0.05, 0) is 42.0 Å². The van der Waals surface area contributed by atoms with Crippen LogP contribution >= 0.6 is 11.8 Å². The monoisotopic (exact) mass is 377 g/mol. The molecule has 2 atom stereocenters. The molecule has 2 aliphatic rings. The van der Waals surface area contributed by atoms with Gasteiger partial charge in [0.2, 0.25) is 5.91 Å². The summed E-state index contributed by atoms with van der Waals surface area (Å²) in [7, 11) is 0. The van der Waals surface area contributed by atoms with Gasteiger partial charge >= 0.3 is 29.6 Å². The van der Waals surface area contributed by atoms with Crippen molar-refractivity contribution < 1.29 is 45.3 Å². The molecule has 2 aromatic carbocycles. The van der Waals surface area contributed by atoms with Crippen molar-refractivity contribution in [3.05, 3.63) is 65.2 Å². The summed E-state index contributed by atoms with van der Waals surface area (Å²) in [6.07, 6.45) is 3.66. The summed E-state index contributed by atoms with van der Waals surface area (Å²) < 4.78 is 6.16. The Hall–Kier alpha value is -1.27. The molecule has 6 heteroatoms. The van der Waals surface area contributed by atoms with Gasteiger partial charge in [0.1, 0.15) is 11.9 Å². The van der Waals surface area contributed by atoms with Gasteiger partial charge in [0.15, 0.2) is 0 Å². The van der Waals surface area contributed by atoms with Crippen LogP contribution in [0.3, 0.4) is 0 Å². The Morgan fingerprint density at radius 2 is 1.88 bits per heavy atom. The topological polar surface area (TPSA) is 55.4 Å². The fraction of sp³-hybridized carbons (Fsp3) is 0.300. The second-order valence-electron chi connectivity index (χ2n) is 6.50. The largest absolute Gasteiger partial charge is 1.00 e. The van der Waals surface area contributed by atoms with Crippen LogP contribution in [0.5, 0.6) is 5.75 Å². The van der Waals surface area contributed by atoms with Crippen molar-refractivity contribution >= 4 is 22.9 Å². The maximum Gasteiger partial charge on any atom is 1.00 e. The van der Waals surface area contributed by atoms with E-state index < -0.39 is 0 Å². The zero-order valence-corrected chi connectivity index (χ0v) is 17.6. The third-order valence-electron chi connectivity index (χ3n) is 4.65. The van der Waals surface area contributed by atoms with Crippen molar-refractivity contribution in [2.24, 2.45) is 0 Å². The van der Waals surface area contributed by atoms with Crippen LogP contribution in [0.15, 0.2) is 48.5 Å². The summed E-state index contributed by atoms with van der Waals surface area (Å²) in [6.45, 7) is 0. The van der Waals surface area contributed by atoms with Crippen molar-refractivity contribution in [1.29, 1.82) is 0 Å². The minimum atomic E-state index is -0.319. The number of fused-ring (bicyclic) bond motifs is 1. The Balaban J connectivity index is 0.00000131. The van der Waals surface area contributed by atoms with Gasteiger partial charge in [0, 0.05) is 6.42 Å². The first kappa shape index (κ1) is 19.5. The van der Waals surface area contributed by atoms with Crippen LogP contribution in [-0.2, 0) is 24.1 Å². The Morgan fingerprint density at radius 3 is 2.62 bits per heavy atom. The van der Waals surface area contributed by atoms with E-state index in [2.05, 4.69) is 35.6 Å². The fourth-order valence-electron chi connectivity index (χ4n) is 3.39. The molecule has 4 rings (SSSR count). The van der Waals surface area contributed by atoms with Gasteiger partial charge < -0.3 is 6.16 Å². The van der Waals surface area contributed by atoms with E-state index in [0.717, 1.165) is 42.3 Å². The molecule has 1 saturated heterocycles. The predicted octanol–water partition coefficient (Wildman–Crippen LogP) is 0.633. The molecule has 0 bridgehead atoms. The van der Waals surface area contributed by atoms with Gasteiger partial charge in [-0.15, -0.1) is 0 Å². The zero-order valence-electron chi connectivity index (χ0n) is 15.7. The maximum absolute atomic E-state index is 11.7. The second kappa shape index (κ2) is 8.61. The van der Waals surface area contributed by atoms with Crippen molar-refractivity contribution in [3.63, 3.8) is 0 Å². The first-order chi connectivity index (χ1) is 12.2. The SMILES string of the molecule is O=C1NC(=O)C(Cc2ccc3c(c2)CCC(Cc2ccccc2)O3)S1.[H-].[Na+]. The Morgan fingerprint density at radius 1 is 1.08 bits per heavy atom. The number of thioether (sulfide) groups is 1. The van der Waals surface area contributed by atoms with Crippen LogP contribution in [0.2, 0.25) is 0 Å². The standard InChI is InChI=1S/C20H19NO3S.Na.H/c22-19-18(25-20(23)21-19)12-14-6-9-17-15(10-14)7-8-16(24-17)11-13-4-2-1-3-5-13;;/h1-6,9-10,16,18H,7-8,11-12H2,(H,21,22,23);;/q;+1;-1. The number of carbonyl (C=O) groups excluding carboxylic acids is 2. The normalized spacial score (nSPS) is 21.4. The minimum Gasteiger partial charge on any atom is -1.00 e. The van der Waals surface area contributed by atoms with E-state index in [0.29, 0.717) is 6.42 Å². The molecule has 0 saturated carbocycles. The minimum absolute atomic E-state index is 0. The first-order valence-corrected chi connectivity index (χ1v) is 9.39. The molecule has 1 fully saturated rings. The van der Waals surface area contributed by atoms with Crippen molar-refractivity contribution in [1.82, 2.24) is 5.32 Å². The van der Waals surface area contributed by atoms with E-state index in [1.165, 1.54) is 11.1 Å². The molecule has 0 radical (unpaired) electrons. The molecular formula is C20H20NNaO3S.